The average Bonchev–Trinajstić information content (AvgIpc) is 3.39. The fourth-order valence-corrected chi connectivity index (χ4v) is 4.91. The zero-order valence-electron chi connectivity index (χ0n) is 20.5. The minimum atomic E-state index is -0.326. The lowest BCUT2D eigenvalue weighted by Gasteiger charge is -2.17. The number of fused-ring (bicyclic) bond motifs is 1. The van der Waals surface area contributed by atoms with E-state index in [1.807, 2.05) is 72.8 Å². The van der Waals surface area contributed by atoms with Gasteiger partial charge in [-0.2, -0.15) is 0 Å². The van der Waals surface area contributed by atoms with Crippen molar-refractivity contribution in [2.24, 2.45) is 0 Å². The maximum atomic E-state index is 9.88. The second kappa shape index (κ2) is 10.2. The highest BCUT2D eigenvalue weighted by Crippen LogP contribution is 2.36. The van der Waals surface area contributed by atoms with Gasteiger partial charge in [0.25, 0.3) is 5.88 Å². The fourth-order valence-electron chi connectivity index (χ4n) is 4.64. The van der Waals surface area contributed by atoms with E-state index < -0.39 is 0 Å². The first-order valence-electron chi connectivity index (χ1n) is 12.3. The summed E-state index contributed by atoms with van der Waals surface area (Å²) in [4.78, 5) is 20.7. The van der Waals surface area contributed by atoms with Gasteiger partial charge < -0.3 is 20.5 Å². The van der Waals surface area contributed by atoms with Crippen molar-refractivity contribution in [1.29, 1.82) is 0 Å². The molecule has 3 aromatic heterocycles. The predicted molar refractivity (Wildman–Crippen MR) is 149 cm³/mol. The molecule has 4 heterocycles. The van der Waals surface area contributed by atoms with E-state index in [0.29, 0.717) is 23.0 Å². The SMILES string of the molecule is Nc1nc(-c2ccccc2)c(-c2cc(Cl)c3ncccc3c2)nc1OCc1cccc(N2CCC(O)C2)n1. The molecule has 1 unspecified atom stereocenters. The number of anilines is 2. The van der Waals surface area contributed by atoms with Crippen molar-refractivity contribution in [2.45, 2.75) is 19.1 Å². The number of nitrogens with two attached hydrogens (primary N) is 1. The van der Waals surface area contributed by atoms with E-state index in [1.165, 1.54) is 0 Å². The lowest BCUT2D eigenvalue weighted by molar-refractivity contribution is 0.198. The van der Waals surface area contributed by atoms with Crippen LogP contribution in [0.1, 0.15) is 12.1 Å². The van der Waals surface area contributed by atoms with Crippen LogP contribution in [0.2, 0.25) is 5.02 Å². The van der Waals surface area contributed by atoms with Crippen LogP contribution in [0.5, 0.6) is 5.88 Å². The Morgan fingerprint density at radius 2 is 1.79 bits per heavy atom. The predicted octanol–water partition coefficient (Wildman–Crippen LogP) is 5.14. The number of aromatic nitrogens is 4. The molecule has 0 aliphatic carbocycles. The zero-order valence-corrected chi connectivity index (χ0v) is 21.2. The van der Waals surface area contributed by atoms with Gasteiger partial charge in [-0.05, 0) is 36.8 Å². The molecule has 0 spiro atoms. The minimum absolute atomic E-state index is 0.162. The largest absolute Gasteiger partial charge is 0.469 e. The van der Waals surface area contributed by atoms with Crippen LogP contribution in [-0.4, -0.2) is 44.2 Å². The van der Waals surface area contributed by atoms with E-state index in [1.54, 1.807) is 6.20 Å². The first-order valence-corrected chi connectivity index (χ1v) is 12.7. The van der Waals surface area contributed by atoms with Crippen molar-refractivity contribution in [1.82, 2.24) is 19.9 Å². The third kappa shape index (κ3) is 4.83. The van der Waals surface area contributed by atoms with E-state index in [0.717, 1.165) is 46.5 Å². The lowest BCUT2D eigenvalue weighted by Crippen LogP contribution is -2.22. The standard InChI is InChI=1S/C29H25ClN6O2/c30-23-15-20(14-19-8-5-12-32-25(19)23)27-26(18-6-2-1-3-7-18)34-28(31)29(35-27)38-17-21-9-4-10-24(33-21)36-13-11-22(37)16-36/h1-10,12,14-15,22,37H,11,13,16-17H2,(H2,31,34). The van der Waals surface area contributed by atoms with Crippen molar-refractivity contribution >= 4 is 34.1 Å². The number of benzene rings is 2. The Hall–Kier alpha value is -4.27. The Labute approximate surface area is 224 Å². The number of nitrogen functional groups attached to an aromatic ring is 1. The Morgan fingerprint density at radius 1 is 0.947 bits per heavy atom. The number of β-amino-alcohol motifs (C(OH)–C–C–N with tert-alkyl or cyclic N) is 1. The number of halogens is 1. The van der Waals surface area contributed by atoms with E-state index >= 15 is 0 Å². The Kier molecular flexibility index (Phi) is 6.49. The highest BCUT2D eigenvalue weighted by atomic mass is 35.5. The first kappa shape index (κ1) is 24.1. The molecule has 8 nitrogen and oxygen atoms in total. The third-order valence-corrected chi connectivity index (χ3v) is 6.79. The van der Waals surface area contributed by atoms with Gasteiger partial charge in [-0.25, -0.2) is 15.0 Å². The quantitative estimate of drug-likeness (QED) is 0.314. The van der Waals surface area contributed by atoms with Crippen LogP contribution in [-0.2, 0) is 6.61 Å². The van der Waals surface area contributed by atoms with Crippen LogP contribution in [0.4, 0.5) is 11.6 Å². The van der Waals surface area contributed by atoms with Crippen LogP contribution in [0.25, 0.3) is 33.4 Å². The number of rotatable bonds is 6. The van der Waals surface area contributed by atoms with Gasteiger partial charge in [0, 0.05) is 35.8 Å². The molecule has 1 fully saturated rings. The summed E-state index contributed by atoms with van der Waals surface area (Å²) in [5.41, 5.74) is 10.7. The highest BCUT2D eigenvalue weighted by Gasteiger charge is 2.22. The van der Waals surface area contributed by atoms with Crippen molar-refractivity contribution in [3.8, 4) is 28.4 Å². The lowest BCUT2D eigenvalue weighted by atomic mass is 10.0. The zero-order chi connectivity index (χ0) is 26.1. The highest BCUT2D eigenvalue weighted by molar-refractivity contribution is 6.35. The number of ether oxygens (including phenoxy) is 1. The molecule has 1 aliphatic rings. The van der Waals surface area contributed by atoms with Crippen molar-refractivity contribution < 1.29 is 9.84 Å². The Bertz CT molecular complexity index is 1610. The summed E-state index contributed by atoms with van der Waals surface area (Å²) in [5.74, 6) is 1.20. The van der Waals surface area contributed by atoms with Crippen LogP contribution in [0.15, 0.2) is 79.0 Å². The monoisotopic (exact) mass is 524 g/mol. The summed E-state index contributed by atoms with van der Waals surface area (Å²) >= 11 is 6.61. The number of nitrogens with zero attached hydrogens (tertiary/aromatic N) is 5. The molecular formula is C29H25ClN6O2. The number of hydrogen-bond donors (Lipinski definition) is 2. The van der Waals surface area contributed by atoms with Gasteiger partial charge >= 0.3 is 0 Å². The molecule has 0 saturated carbocycles. The molecular weight excluding hydrogens is 500 g/mol. The first-order chi connectivity index (χ1) is 18.5. The van der Waals surface area contributed by atoms with Crippen molar-refractivity contribution in [3.63, 3.8) is 0 Å². The number of hydrogen-bond acceptors (Lipinski definition) is 8. The van der Waals surface area contributed by atoms with E-state index in [-0.39, 0.29) is 24.4 Å². The number of aliphatic hydroxyl groups excluding tert-OH is 1. The van der Waals surface area contributed by atoms with Gasteiger partial charge in [0.05, 0.1) is 28.0 Å². The topological polar surface area (TPSA) is 110 Å². The molecule has 9 heteroatoms. The van der Waals surface area contributed by atoms with Crippen molar-refractivity contribution in [3.05, 3.63) is 89.7 Å². The molecule has 0 radical (unpaired) electrons. The normalized spacial score (nSPS) is 15.2. The maximum absolute atomic E-state index is 9.88. The summed E-state index contributed by atoms with van der Waals surface area (Å²) in [5, 5.41) is 11.3. The fraction of sp³-hybridized carbons (Fsp3) is 0.172. The van der Waals surface area contributed by atoms with E-state index in [4.69, 9.17) is 37.0 Å². The molecule has 1 atom stereocenters. The number of pyridine rings is 2. The molecule has 1 saturated heterocycles. The van der Waals surface area contributed by atoms with Gasteiger partial charge in [-0.15, -0.1) is 0 Å². The maximum Gasteiger partial charge on any atom is 0.258 e. The van der Waals surface area contributed by atoms with Crippen LogP contribution < -0.4 is 15.4 Å². The second-order valence-electron chi connectivity index (χ2n) is 9.17. The molecule has 6 rings (SSSR count). The van der Waals surface area contributed by atoms with Gasteiger partial charge in [-0.1, -0.05) is 54.1 Å². The van der Waals surface area contributed by atoms with Gasteiger partial charge in [0.1, 0.15) is 18.1 Å². The molecule has 5 aromatic rings. The van der Waals surface area contributed by atoms with Crippen LogP contribution in [0.3, 0.4) is 0 Å². The van der Waals surface area contributed by atoms with E-state index in [2.05, 4.69) is 9.88 Å². The van der Waals surface area contributed by atoms with Gasteiger partial charge in [0.15, 0.2) is 5.82 Å². The van der Waals surface area contributed by atoms with Gasteiger partial charge in [0.2, 0.25) is 0 Å². The summed E-state index contributed by atoms with van der Waals surface area (Å²) in [6.45, 7) is 1.50. The number of aliphatic hydroxyl groups is 1. The van der Waals surface area contributed by atoms with Crippen molar-refractivity contribution in [2.75, 3.05) is 23.7 Å². The third-order valence-electron chi connectivity index (χ3n) is 6.50. The molecule has 0 amide bonds. The molecule has 190 valence electrons. The van der Waals surface area contributed by atoms with Crippen LogP contribution >= 0.6 is 11.6 Å². The second-order valence-corrected chi connectivity index (χ2v) is 9.58. The van der Waals surface area contributed by atoms with E-state index in [9.17, 15) is 5.11 Å². The molecule has 1 aliphatic heterocycles. The Morgan fingerprint density at radius 3 is 2.61 bits per heavy atom. The summed E-state index contributed by atoms with van der Waals surface area (Å²) in [7, 11) is 0. The molecule has 2 aromatic carbocycles. The molecule has 0 bridgehead atoms. The smallest absolute Gasteiger partial charge is 0.258 e. The summed E-state index contributed by atoms with van der Waals surface area (Å²) in [6, 6.07) is 23.1. The van der Waals surface area contributed by atoms with Crippen LogP contribution in [0, 0.1) is 0 Å². The molecule has 38 heavy (non-hydrogen) atoms. The van der Waals surface area contributed by atoms with Gasteiger partial charge in [-0.3, -0.25) is 4.98 Å². The average molecular weight is 525 g/mol. The minimum Gasteiger partial charge on any atom is -0.469 e. The molecule has 3 N–H and O–H groups in total. The summed E-state index contributed by atoms with van der Waals surface area (Å²) in [6.07, 6.45) is 2.13. The Balaban J connectivity index is 1.37. The summed E-state index contributed by atoms with van der Waals surface area (Å²) < 4.78 is 6.06.